The number of aromatic nitrogens is 3. The monoisotopic (exact) mass is 363 g/mol. The molecule has 7 nitrogen and oxygen atoms in total. The second kappa shape index (κ2) is 6.68. The molecular formula is C20H21N5O2. The van der Waals surface area contributed by atoms with Gasteiger partial charge in [-0.25, -0.2) is 9.97 Å². The number of hydrogen-bond acceptors (Lipinski definition) is 6. The van der Waals surface area contributed by atoms with Crippen molar-refractivity contribution < 1.29 is 9.53 Å². The third-order valence-corrected chi connectivity index (χ3v) is 4.65. The molecule has 2 N–H and O–H groups in total. The van der Waals surface area contributed by atoms with Gasteiger partial charge in [-0.2, -0.15) is 0 Å². The van der Waals surface area contributed by atoms with Crippen molar-refractivity contribution in [2.24, 2.45) is 5.73 Å². The summed E-state index contributed by atoms with van der Waals surface area (Å²) in [6.07, 6.45) is 1.77. The number of pyridine rings is 3. The van der Waals surface area contributed by atoms with Crippen LogP contribution in [-0.2, 0) is 16.1 Å². The largest absolute Gasteiger partial charge is 0.364 e. The van der Waals surface area contributed by atoms with Crippen LogP contribution in [0.25, 0.3) is 22.3 Å². The number of carbonyl (C=O) groups is 1. The average molecular weight is 363 g/mol. The smallest absolute Gasteiger partial charge is 0.259 e. The summed E-state index contributed by atoms with van der Waals surface area (Å²) in [4.78, 5) is 28.0. The normalized spacial score (nSPS) is 16.7. The van der Waals surface area contributed by atoms with Gasteiger partial charge in [-0.1, -0.05) is 6.07 Å². The van der Waals surface area contributed by atoms with Crippen LogP contribution in [0.2, 0.25) is 0 Å². The summed E-state index contributed by atoms with van der Waals surface area (Å²) >= 11 is 0. The maximum absolute atomic E-state index is 12.7. The molecule has 3 aromatic heterocycles. The van der Waals surface area contributed by atoms with Gasteiger partial charge in [0, 0.05) is 18.1 Å². The molecule has 3 aromatic rings. The van der Waals surface area contributed by atoms with E-state index in [0.717, 1.165) is 22.3 Å². The second-order valence-electron chi connectivity index (χ2n) is 6.97. The van der Waals surface area contributed by atoms with Gasteiger partial charge in [-0.05, 0) is 44.2 Å². The van der Waals surface area contributed by atoms with Crippen LogP contribution in [0.3, 0.4) is 0 Å². The summed E-state index contributed by atoms with van der Waals surface area (Å²) in [5, 5.41) is 0.942. The molecule has 4 rings (SSSR count). The number of carbonyl (C=O) groups excluding carboxylic acids is 1. The van der Waals surface area contributed by atoms with E-state index in [1.807, 2.05) is 36.4 Å². The van der Waals surface area contributed by atoms with Crippen LogP contribution in [0.4, 0.5) is 5.82 Å². The average Bonchev–Trinajstić information content (AvgIpc) is 2.69. The van der Waals surface area contributed by atoms with Gasteiger partial charge >= 0.3 is 0 Å². The topological polar surface area (TPSA) is 94.2 Å². The Bertz CT molecular complexity index is 1020. The molecule has 1 amide bonds. The number of ether oxygens (including phenoxy) is 1. The molecule has 1 aliphatic rings. The summed E-state index contributed by atoms with van der Waals surface area (Å²) in [6.45, 7) is 4.88. The molecular weight excluding hydrogens is 342 g/mol. The van der Waals surface area contributed by atoms with Crippen LogP contribution in [0, 0.1) is 0 Å². The number of nitrogens with two attached hydrogens (primary N) is 1. The van der Waals surface area contributed by atoms with Gasteiger partial charge in [-0.15, -0.1) is 0 Å². The van der Waals surface area contributed by atoms with Crippen LogP contribution >= 0.6 is 0 Å². The van der Waals surface area contributed by atoms with E-state index in [1.54, 1.807) is 24.9 Å². The highest BCUT2D eigenvalue weighted by Crippen LogP contribution is 2.26. The Morgan fingerprint density at radius 3 is 2.81 bits per heavy atom. The van der Waals surface area contributed by atoms with E-state index in [4.69, 9.17) is 15.5 Å². The molecule has 0 saturated carbocycles. The minimum absolute atomic E-state index is 0.0940. The van der Waals surface area contributed by atoms with Crippen LogP contribution in [-0.4, -0.2) is 39.6 Å². The van der Waals surface area contributed by atoms with Gasteiger partial charge in [0.2, 0.25) is 0 Å². The van der Waals surface area contributed by atoms with Gasteiger partial charge in [0.1, 0.15) is 11.4 Å². The molecule has 0 aliphatic carbocycles. The van der Waals surface area contributed by atoms with E-state index in [1.165, 1.54) is 0 Å². The fourth-order valence-corrected chi connectivity index (χ4v) is 3.13. The van der Waals surface area contributed by atoms with E-state index in [0.29, 0.717) is 31.2 Å². The molecule has 0 unspecified atom stereocenters. The fourth-order valence-electron chi connectivity index (χ4n) is 3.13. The summed E-state index contributed by atoms with van der Waals surface area (Å²) < 4.78 is 5.57. The Hall–Kier alpha value is -2.90. The Balaban J connectivity index is 1.72. The van der Waals surface area contributed by atoms with Crippen LogP contribution in [0.5, 0.6) is 0 Å². The molecule has 1 saturated heterocycles. The molecule has 0 aromatic carbocycles. The number of hydrogen-bond donors (Lipinski definition) is 1. The lowest BCUT2D eigenvalue weighted by Gasteiger charge is -2.36. The van der Waals surface area contributed by atoms with Crippen molar-refractivity contribution in [1.29, 1.82) is 0 Å². The Kier molecular flexibility index (Phi) is 4.33. The lowest BCUT2D eigenvalue weighted by Crippen LogP contribution is -2.53. The van der Waals surface area contributed by atoms with Crippen molar-refractivity contribution >= 4 is 22.6 Å². The Morgan fingerprint density at radius 2 is 2.00 bits per heavy atom. The highest BCUT2D eigenvalue weighted by atomic mass is 16.5. The third-order valence-electron chi connectivity index (χ3n) is 4.65. The number of amides is 1. The molecule has 0 spiro atoms. The Morgan fingerprint density at radius 1 is 1.19 bits per heavy atom. The zero-order valence-corrected chi connectivity index (χ0v) is 15.3. The number of nitrogens with zero attached hydrogens (tertiary/aromatic N) is 4. The van der Waals surface area contributed by atoms with Gasteiger partial charge in [0.25, 0.3) is 5.91 Å². The molecule has 0 radical (unpaired) electrons. The molecule has 4 heterocycles. The molecule has 138 valence electrons. The van der Waals surface area contributed by atoms with Crippen molar-refractivity contribution in [3.05, 3.63) is 48.3 Å². The summed E-state index contributed by atoms with van der Waals surface area (Å²) in [5.41, 5.74) is 7.88. The van der Waals surface area contributed by atoms with E-state index in [2.05, 4.69) is 9.97 Å². The molecule has 7 heteroatoms. The summed E-state index contributed by atoms with van der Waals surface area (Å²) in [7, 11) is 0. The summed E-state index contributed by atoms with van der Waals surface area (Å²) in [5.74, 6) is 0.511. The van der Waals surface area contributed by atoms with Crippen LogP contribution in [0.1, 0.15) is 19.5 Å². The number of rotatable bonds is 3. The van der Waals surface area contributed by atoms with E-state index in [9.17, 15) is 4.79 Å². The minimum atomic E-state index is -0.844. The first-order valence-corrected chi connectivity index (χ1v) is 8.87. The van der Waals surface area contributed by atoms with Crippen molar-refractivity contribution in [1.82, 2.24) is 15.0 Å². The first kappa shape index (κ1) is 17.5. The first-order chi connectivity index (χ1) is 13.0. The molecule has 1 fully saturated rings. The van der Waals surface area contributed by atoms with Gasteiger partial charge in [0.15, 0.2) is 0 Å². The number of morpholine rings is 1. The maximum Gasteiger partial charge on any atom is 0.259 e. The minimum Gasteiger partial charge on any atom is -0.364 e. The fraction of sp³-hybridized carbons (Fsp3) is 0.300. The lowest BCUT2D eigenvalue weighted by molar-refractivity contribution is -0.144. The predicted molar refractivity (Wildman–Crippen MR) is 103 cm³/mol. The molecule has 0 atom stereocenters. The standard InChI is InChI=1S/C20H21N5O2/c1-20(2)19(26)25(8-9-27-20)18-5-3-4-15(24-18)16-7-6-13-12-22-14(11-21)10-17(13)23-16/h3-7,10,12H,8-9,11,21H2,1-2H3. The Labute approximate surface area is 157 Å². The molecule has 27 heavy (non-hydrogen) atoms. The van der Waals surface area contributed by atoms with Gasteiger partial charge in [-0.3, -0.25) is 14.7 Å². The molecule has 1 aliphatic heterocycles. The number of fused-ring (bicyclic) bond motifs is 1. The lowest BCUT2D eigenvalue weighted by atomic mass is 10.1. The highest BCUT2D eigenvalue weighted by molar-refractivity contribution is 5.99. The maximum atomic E-state index is 12.7. The first-order valence-electron chi connectivity index (χ1n) is 8.87. The van der Waals surface area contributed by atoms with Gasteiger partial charge < -0.3 is 10.5 Å². The zero-order chi connectivity index (χ0) is 19.0. The van der Waals surface area contributed by atoms with Gasteiger partial charge in [0.05, 0.1) is 35.8 Å². The van der Waals surface area contributed by atoms with E-state index >= 15 is 0 Å². The van der Waals surface area contributed by atoms with Crippen molar-refractivity contribution in [3.63, 3.8) is 0 Å². The van der Waals surface area contributed by atoms with E-state index < -0.39 is 5.60 Å². The van der Waals surface area contributed by atoms with Crippen molar-refractivity contribution in [2.45, 2.75) is 26.0 Å². The number of anilines is 1. The summed E-state index contributed by atoms with van der Waals surface area (Å²) in [6, 6.07) is 11.4. The zero-order valence-electron chi connectivity index (χ0n) is 15.3. The quantitative estimate of drug-likeness (QED) is 0.767. The third kappa shape index (κ3) is 3.27. The SMILES string of the molecule is CC1(C)OCCN(c2cccc(-c3ccc4cnc(CN)cc4n3)n2)C1=O. The van der Waals surface area contributed by atoms with Crippen LogP contribution in [0.15, 0.2) is 42.6 Å². The predicted octanol–water partition coefficient (Wildman–Crippen LogP) is 2.29. The molecule has 0 bridgehead atoms. The van der Waals surface area contributed by atoms with Crippen molar-refractivity contribution in [2.75, 3.05) is 18.1 Å². The highest BCUT2D eigenvalue weighted by Gasteiger charge is 2.38. The second-order valence-corrected chi connectivity index (χ2v) is 6.97. The van der Waals surface area contributed by atoms with E-state index in [-0.39, 0.29) is 5.91 Å². The van der Waals surface area contributed by atoms with Crippen LogP contribution < -0.4 is 10.6 Å². The van der Waals surface area contributed by atoms with Crippen molar-refractivity contribution in [3.8, 4) is 11.4 Å².